The highest BCUT2D eigenvalue weighted by Gasteiger charge is 2.41. The standard InChI is InChI=1S/C26H24Br2N2O2/c1-2-3-13-31-20-11-9-18(10-12-20)26-30-24(16-23(29-30)17-7-5-4-6-8-17)21-14-19(27)15-22(28)25(21)32-26/h4-12,14-15,24,26H,2-3,13,16H2,1H3/t24-,26-/m1/s1. The van der Waals surface area contributed by atoms with Crippen molar-refractivity contribution in [3.05, 3.63) is 92.4 Å². The lowest BCUT2D eigenvalue weighted by Crippen LogP contribution is -2.33. The van der Waals surface area contributed by atoms with Crippen LogP contribution in [0.3, 0.4) is 0 Å². The number of hydrazone groups is 1. The molecule has 3 aromatic rings. The summed E-state index contributed by atoms with van der Waals surface area (Å²) in [5.74, 6) is 1.77. The maximum absolute atomic E-state index is 6.55. The first-order chi connectivity index (χ1) is 15.6. The largest absolute Gasteiger partial charge is 0.494 e. The molecule has 3 aromatic carbocycles. The first-order valence-electron chi connectivity index (χ1n) is 10.9. The Morgan fingerprint density at radius 3 is 2.59 bits per heavy atom. The molecule has 2 aliphatic rings. The van der Waals surface area contributed by atoms with Crippen LogP contribution in [-0.2, 0) is 0 Å². The van der Waals surface area contributed by atoms with E-state index in [1.165, 1.54) is 0 Å². The van der Waals surface area contributed by atoms with Crippen molar-refractivity contribution < 1.29 is 9.47 Å². The van der Waals surface area contributed by atoms with Crippen LogP contribution in [0.1, 0.15) is 55.1 Å². The Bertz CT molecular complexity index is 1130. The van der Waals surface area contributed by atoms with Crippen LogP contribution in [0.2, 0.25) is 0 Å². The second-order valence-electron chi connectivity index (χ2n) is 8.06. The summed E-state index contributed by atoms with van der Waals surface area (Å²) in [6.07, 6.45) is 2.70. The van der Waals surface area contributed by atoms with E-state index in [2.05, 4.69) is 86.3 Å². The first kappa shape index (κ1) is 21.5. The molecule has 0 spiro atoms. The molecule has 0 aliphatic carbocycles. The quantitative estimate of drug-likeness (QED) is 0.293. The van der Waals surface area contributed by atoms with Gasteiger partial charge in [-0.25, -0.2) is 5.01 Å². The summed E-state index contributed by atoms with van der Waals surface area (Å²) < 4.78 is 14.4. The van der Waals surface area contributed by atoms with Gasteiger partial charge in [0.05, 0.1) is 22.8 Å². The molecule has 0 aromatic heterocycles. The summed E-state index contributed by atoms with van der Waals surface area (Å²) in [4.78, 5) is 0. The van der Waals surface area contributed by atoms with E-state index in [-0.39, 0.29) is 12.3 Å². The maximum atomic E-state index is 6.55. The predicted octanol–water partition coefficient (Wildman–Crippen LogP) is 7.63. The first-order valence-corrected chi connectivity index (χ1v) is 12.5. The minimum atomic E-state index is -0.309. The van der Waals surface area contributed by atoms with Gasteiger partial charge in [0.25, 0.3) is 0 Å². The molecule has 2 aliphatic heterocycles. The smallest absolute Gasteiger partial charge is 0.213 e. The number of hydrogen-bond donors (Lipinski definition) is 0. The van der Waals surface area contributed by atoms with Crippen LogP contribution in [0.5, 0.6) is 11.5 Å². The van der Waals surface area contributed by atoms with Gasteiger partial charge < -0.3 is 9.47 Å². The van der Waals surface area contributed by atoms with Crippen molar-refractivity contribution in [3.8, 4) is 11.5 Å². The van der Waals surface area contributed by atoms with Crippen LogP contribution in [-0.4, -0.2) is 17.3 Å². The van der Waals surface area contributed by atoms with Gasteiger partial charge in [0.15, 0.2) is 0 Å². The van der Waals surface area contributed by atoms with Gasteiger partial charge in [-0.2, -0.15) is 5.10 Å². The Balaban J connectivity index is 1.51. The van der Waals surface area contributed by atoms with Crippen molar-refractivity contribution in [1.82, 2.24) is 5.01 Å². The lowest BCUT2D eigenvalue weighted by molar-refractivity contribution is -0.0197. The predicted molar refractivity (Wildman–Crippen MR) is 134 cm³/mol. The summed E-state index contributed by atoms with van der Waals surface area (Å²) in [5, 5.41) is 7.15. The van der Waals surface area contributed by atoms with E-state index in [1.807, 2.05) is 24.3 Å². The molecule has 0 bridgehead atoms. The minimum absolute atomic E-state index is 0.105. The molecule has 0 fully saturated rings. The molecule has 164 valence electrons. The van der Waals surface area contributed by atoms with E-state index in [0.717, 1.165) is 68.7 Å². The number of hydrogen-bond acceptors (Lipinski definition) is 4. The molecule has 0 saturated heterocycles. The van der Waals surface area contributed by atoms with E-state index in [4.69, 9.17) is 14.6 Å². The summed E-state index contributed by atoms with van der Waals surface area (Å²) in [7, 11) is 0. The van der Waals surface area contributed by atoms with Crippen molar-refractivity contribution in [2.45, 2.75) is 38.5 Å². The number of fused-ring (bicyclic) bond motifs is 3. The van der Waals surface area contributed by atoms with E-state index >= 15 is 0 Å². The highest BCUT2D eigenvalue weighted by atomic mass is 79.9. The molecule has 0 unspecified atom stereocenters. The molecule has 0 amide bonds. The van der Waals surface area contributed by atoms with Gasteiger partial charge in [-0.15, -0.1) is 0 Å². The van der Waals surface area contributed by atoms with Gasteiger partial charge in [-0.1, -0.05) is 59.6 Å². The molecule has 4 nitrogen and oxygen atoms in total. The molecule has 0 N–H and O–H groups in total. The number of nitrogens with zero attached hydrogens (tertiary/aromatic N) is 2. The molecule has 0 saturated carbocycles. The summed E-state index contributed by atoms with van der Waals surface area (Å²) >= 11 is 7.34. The van der Waals surface area contributed by atoms with Gasteiger partial charge in [0, 0.05) is 22.0 Å². The highest BCUT2D eigenvalue weighted by molar-refractivity contribution is 9.11. The van der Waals surface area contributed by atoms with Crippen LogP contribution >= 0.6 is 31.9 Å². The second-order valence-corrected chi connectivity index (χ2v) is 9.83. The lowest BCUT2D eigenvalue weighted by atomic mass is 9.96. The monoisotopic (exact) mass is 554 g/mol. The number of ether oxygens (including phenoxy) is 2. The molecule has 6 heteroatoms. The zero-order chi connectivity index (χ0) is 22.1. The number of rotatable bonds is 6. The Morgan fingerprint density at radius 2 is 1.84 bits per heavy atom. The Morgan fingerprint density at radius 1 is 1.06 bits per heavy atom. The minimum Gasteiger partial charge on any atom is -0.494 e. The van der Waals surface area contributed by atoms with E-state index in [0.29, 0.717) is 0 Å². The van der Waals surface area contributed by atoms with Crippen LogP contribution in [0.25, 0.3) is 0 Å². The fourth-order valence-corrected chi connectivity index (χ4v) is 5.55. The van der Waals surface area contributed by atoms with Gasteiger partial charge in [0.2, 0.25) is 6.23 Å². The molecule has 5 rings (SSSR count). The zero-order valence-electron chi connectivity index (χ0n) is 17.8. The molecule has 2 atom stereocenters. The van der Waals surface area contributed by atoms with Crippen LogP contribution in [0.15, 0.2) is 80.8 Å². The lowest BCUT2D eigenvalue weighted by Gasteiger charge is -2.38. The summed E-state index contributed by atoms with van der Waals surface area (Å²) in [5.41, 5.74) is 4.41. The van der Waals surface area contributed by atoms with Crippen LogP contribution < -0.4 is 9.47 Å². The topological polar surface area (TPSA) is 34.1 Å². The summed E-state index contributed by atoms with van der Waals surface area (Å²) in [6, 6.07) is 22.9. The molecule has 32 heavy (non-hydrogen) atoms. The fourth-order valence-electron chi connectivity index (χ4n) is 4.20. The van der Waals surface area contributed by atoms with E-state index in [9.17, 15) is 0 Å². The average Bonchev–Trinajstić information content (AvgIpc) is 3.26. The molecular weight excluding hydrogens is 532 g/mol. The normalized spacial score (nSPS) is 19.1. The number of halogens is 2. The maximum Gasteiger partial charge on any atom is 0.213 e. The summed E-state index contributed by atoms with van der Waals surface area (Å²) in [6.45, 7) is 2.90. The van der Waals surface area contributed by atoms with Crippen molar-refractivity contribution in [3.63, 3.8) is 0 Å². The molecule has 2 heterocycles. The Hall–Kier alpha value is -2.31. The average molecular weight is 556 g/mol. The molecular formula is C26H24Br2N2O2. The zero-order valence-corrected chi connectivity index (χ0v) is 21.0. The van der Waals surface area contributed by atoms with Gasteiger partial charge in [-0.05, 0) is 64.3 Å². The van der Waals surface area contributed by atoms with Crippen LogP contribution in [0, 0.1) is 0 Å². The van der Waals surface area contributed by atoms with Crippen molar-refractivity contribution >= 4 is 37.6 Å². The second kappa shape index (κ2) is 9.28. The third kappa shape index (κ3) is 4.18. The van der Waals surface area contributed by atoms with Crippen molar-refractivity contribution in [2.75, 3.05) is 6.61 Å². The van der Waals surface area contributed by atoms with Crippen molar-refractivity contribution in [1.29, 1.82) is 0 Å². The van der Waals surface area contributed by atoms with Gasteiger partial charge in [-0.3, -0.25) is 0 Å². The third-order valence-corrected chi connectivity index (χ3v) is 6.89. The fraction of sp³-hybridized carbons (Fsp3) is 0.269. The third-order valence-electron chi connectivity index (χ3n) is 5.85. The number of benzene rings is 3. The Labute approximate surface area is 205 Å². The van der Waals surface area contributed by atoms with Gasteiger partial charge >= 0.3 is 0 Å². The molecule has 0 radical (unpaired) electrons. The number of unbranched alkanes of at least 4 members (excludes halogenated alkanes) is 1. The van der Waals surface area contributed by atoms with Crippen molar-refractivity contribution in [2.24, 2.45) is 5.10 Å². The highest BCUT2D eigenvalue weighted by Crippen LogP contribution is 2.50. The van der Waals surface area contributed by atoms with E-state index < -0.39 is 0 Å². The van der Waals surface area contributed by atoms with E-state index in [1.54, 1.807) is 0 Å². The Kier molecular flexibility index (Phi) is 6.24. The van der Waals surface area contributed by atoms with Gasteiger partial charge in [0.1, 0.15) is 11.5 Å². The van der Waals surface area contributed by atoms with Crippen LogP contribution in [0.4, 0.5) is 0 Å². The SMILES string of the molecule is CCCCOc1ccc([C@H]2Oc3c(Br)cc(Br)cc3[C@H]3CC(c4ccccc4)=NN32)cc1.